The number of hydrogen-bond donors (Lipinski definition) is 1. The molecule has 0 aliphatic carbocycles. The summed E-state index contributed by atoms with van der Waals surface area (Å²) < 4.78 is 14.6. The number of furan rings is 1. The van der Waals surface area contributed by atoms with Gasteiger partial charge in [-0.1, -0.05) is 0 Å². The molecule has 2 aromatic rings. The number of ether oxygens (including phenoxy) is 2. The van der Waals surface area contributed by atoms with Gasteiger partial charge in [-0.25, -0.2) is 9.59 Å². The zero-order valence-electron chi connectivity index (χ0n) is 16.0. The van der Waals surface area contributed by atoms with Gasteiger partial charge in [-0.3, -0.25) is 9.59 Å². The van der Waals surface area contributed by atoms with Crippen molar-refractivity contribution in [1.82, 2.24) is 4.90 Å². The standard InChI is InChI=1S/C20H20N2O7/c1-27-19(25)12-5-6-15(20(26)28-2)16(8-12)21-18(24)13-9-17(23)22(10-13)11-14-4-3-7-29-14/h3-8,13H,9-11H2,1-2H3,(H,21,24). The Kier molecular flexibility index (Phi) is 5.96. The number of anilines is 1. The minimum atomic E-state index is -0.668. The van der Waals surface area contributed by atoms with Crippen LogP contribution in [0.3, 0.4) is 0 Å². The van der Waals surface area contributed by atoms with Crippen LogP contribution in [0.4, 0.5) is 5.69 Å². The molecule has 1 unspecified atom stereocenters. The number of nitrogens with zero attached hydrogens (tertiary/aromatic N) is 1. The van der Waals surface area contributed by atoms with E-state index in [1.54, 1.807) is 12.1 Å². The fourth-order valence-corrected chi connectivity index (χ4v) is 3.11. The van der Waals surface area contributed by atoms with Crippen molar-refractivity contribution >= 4 is 29.4 Å². The van der Waals surface area contributed by atoms with Crippen molar-refractivity contribution in [2.75, 3.05) is 26.1 Å². The van der Waals surface area contributed by atoms with Gasteiger partial charge in [0.25, 0.3) is 0 Å². The summed E-state index contributed by atoms with van der Waals surface area (Å²) in [5.74, 6) is -1.87. The minimum Gasteiger partial charge on any atom is -0.467 e. The molecule has 1 saturated heterocycles. The van der Waals surface area contributed by atoms with E-state index in [0.29, 0.717) is 5.76 Å². The molecule has 0 radical (unpaired) electrons. The largest absolute Gasteiger partial charge is 0.467 e. The number of hydrogen-bond acceptors (Lipinski definition) is 7. The fourth-order valence-electron chi connectivity index (χ4n) is 3.11. The normalized spacial score (nSPS) is 15.9. The Bertz CT molecular complexity index is 936. The van der Waals surface area contributed by atoms with Gasteiger partial charge in [0.15, 0.2) is 0 Å². The van der Waals surface area contributed by atoms with Gasteiger partial charge in [-0.05, 0) is 30.3 Å². The van der Waals surface area contributed by atoms with Crippen LogP contribution in [0.25, 0.3) is 0 Å². The molecule has 9 nitrogen and oxygen atoms in total. The van der Waals surface area contributed by atoms with Gasteiger partial charge in [-0.15, -0.1) is 0 Å². The lowest BCUT2D eigenvalue weighted by Crippen LogP contribution is -2.28. The first-order valence-electron chi connectivity index (χ1n) is 8.84. The summed E-state index contributed by atoms with van der Waals surface area (Å²) in [6.45, 7) is 0.496. The Morgan fingerprint density at radius 1 is 1.17 bits per heavy atom. The first-order chi connectivity index (χ1) is 13.9. The van der Waals surface area contributed by atoms with Crippen molar-refractivity contribution in [3.05, 3.63) is 53.5 Å². The van der Waals surface area contributed by atoms with Gasteiger partial charge in [0.05, 0.1) is 49.8 Å². The zero-order chi connectivity index (χ0) is 21.0. The number of esters is 2. The number of methoxy groups -OCH3 is 2. The zero-order valence-corrected chi connectivity index (χ0v) is 16.0. The maximum Gasteiger partial charge on any atom is 0.339 e. The molecule has 1 aromatic carbocycles. The van der Waals surface area contributed by atoms with Crippen molar-refractivity contribution < 1.29 is 33.1 Å². The maximum atomic E-state index is 12.7. The molecule has 2 heterocycles. The summed E-state index contributed by atoms with van der Waals surface area (Å²) >= 11 is 0. The summed E-state index contributed by atoms with van der Waals surface area (Å²) in [5.41, 5.74) is 0.365. The number of carbonyl (C=O) groups excluding carboxylic acids is 4. The third-order valence-electron chi connectivity index (χ3n) is 4.62. The summed E-state index contributed by atoms with van der Waals surface area (Å²) in [4.78, 5) is 50.3. The van der Waals surface area contributed by atoms with Gasteiger partial charge in [0.1, 0.15) is 5.76 Å². The SMILES string of the molecule is COC(=O)c1ccc(C(=O)OC)c(NC(=O)C2CC(=O)N(Cc3ccco3)C2)c1. The van der Waals surface area contributed by atoms with Crippen LogP contribution in [0.15, 0.2) is 41.0 Å². The average molecular weight is 400 g/mol. The molecule has 1 aromatic heterocycles. The van der Waals surface area contributed by atoms with E-state index < -0.39 is 23.8 Å². The molecule has 1 atom stereocenters. The highest BCUT2D eigenvalue weighted by Crippen LogP contribution is 2.25. The number of likely N-dealkylation sites (tertiary alicyclic amines) is 1. The maximum absolute atomic E-state index is 12.7. The number of rotatable bonds is 6. The first-order valence-corrected chi connectivity index (χ1v) is 8.84. The van der Waals surface area contributed by atoms with Crippen LogP contribution >= 0.6 is 0 Å². The molecule has 3 rings (SSSR count). The minimum absolute atomic E-state index is 0.0385. The second-order valence-electron chi connectivity index (χ2n) is 6.49. The van der Waals surface area contributed by atoms with Gasteiger partial charge in [0.2, 0.25) is 11.8 Å². The van der Waals surface area contributed by atoms with Gasteiger partial charge in [-0.2, -0.15) is 0 Å². The molecular formula is C20H20N2O7. The molecule has 1 fully saturated rings. The Labute approximate surface area is 166 Å². The van der Waals surface area contributed by atoms with Crippen molar-refractivity contribution in [1.29, 1.82) is 0 Å². The molecule has 1 aliphatic heterocycles. The highest BCUT2D eigenvalue weighted by Gasteiger charge is 2.35. The fraction of sp³-hybridized carbons (Fsp3) is 0.300. The van der Waals surface area contributed by atoms with E-state index >= 15 is 0 Å². The quantitative estimate of drug-likeness (QED) is 0.736. The third-order valence-corrected chi connectivity index (χ3v) is 4.62. The van der Waals surface area contributed by atoms with Crippen LogP contribution < -0.4 is 5.32 Å². The molecule has 29 heavy (non-hydrogen) atoms. The van der Waals surface area contributed by atoms with Crippen LogP contribution in [0.1, 0.15) is 32.9 Å². The first kappa shape index (κ1) is 20.1. The van der Waals surface area contributed by atoms with Gasteiger partial charge < -0.3 is 24.1 Å². The second-order valence-corrected chi connectivity index (χ2v) is 6.49. The van der Waals surface area contributed by atoms with E-state index in [0.717, 1.165) is 0 Å². The van der Waals surface area contributed by atoms with E-state index in [-0.39, 0.29) is 42.2 Å². The van der Waals surface area contributed by atoms with Gasteiger partial charge in [0, 0.05) is 13.0 Å². The Hall–Kier alpha value is -3.62. The third kappa shape index (κ3) is 4.45. The average Bonchev–Trinajstić information content (AvgIpc) is 3.37. The smallest absolute Gasteiger partial charge is 0.339 e. The summed E-state index contributed by atoms with van der Waals surface area (Å²) in [5, 5.41) is 2.64. The van der Waals surface area contributed by atoms with E-state index in [2.05, 4.69) is 10.1 Å². The van der Waals surface area contributed by atoms with Crippen molar-refractivity contribution in [3.63, 3.8) is 0 Å². The second kappa shape index (κ2) is 8.59. The van der Waals surface area contributed by atoms with Gasteiger partial charge >= 0.3 is 11.9 Å². The molecule has 0 spiro atoms. The molecule has 1 N–H and O–H groups in total. The predicted molar refractivity (Wildman–Crippen MR) is 100.0 cm³/mol. The summed E-state index contributed by atoms with van der Waals surface area (Å²) in [6.07, 6.45) is 1.56. The lowest BCUT2D eigenvalue weighted by atomic mass is 10.1. The van der Waals surface area contributed by atoms with E-state index in [9.17, 15) is 19.2 Å². The molecule has 0 bridgehead atoms. The molecule has 1 aliphatic rings. The molecule has 0 saturated carbocycles. The van der Waals surface area contributed by atoms with Crippen molar-refractivity contribution in [2.24, 2.45) is 5.92 Å². The Balaban J connectivity index is 1.76. The van der Waals surface area contributed by atoms with Crippen molar-refractivity contribution in [2.45, 2.75) is 13.0 Å². The lowest BCUT2D eigenvalue weighted by Gasteiger charge is -2.16. The number of nitrogens with one attached hydrogen (secondary N) is 1. The molecule has 152 valence electrons. The van der Waals surface area contributed by atoms with E-state index in [1.807, 2.05) is 0 Å². The predicted octanol–water partition coefficient (Wildman–Crippen LogP) is 1.84. The summed E-state index contributed by atoms with van der Waals surface area (Å²) in [6, 6.07) is 7.59. The number of benzene rings is 1. The number of amides is 2. The Morgan fingerprint density at radius 3 is 2.59 bits per heavy atom. The lowest BCUT2D eigenvalue weighted by molar-refractivity contribution is -0.128. The monoisotopic (exact) mass is 400 g/mol. The highest BCUT2D eigenvalue weighted by molar-refractivity contribution is 6.05. The topological polar surface area (TPSA) is 115 Å². The van der Waals surface area contributed by atoms with E-state index in [4.69, 9.17) is 9.15 Å². The van der Waals surface area contributed by atoms with Crippen LogP contribution in [0.2, 0.25) is 0 Å². The van der Waals surface area contributed by atoms with Crippen molar-refractivity contribution in [3.8, 4) is 0 Å². The molecule has 9 heteroatoms. The van der Waals surface area contributed by atoms with Crippen LogP contribution in [-0.4, -0.2) is 49.4 Å². The van der Waals surface area contributed by atoms with Crippen LogP contribution in [0.5, 0.6) is 0 Å². The Morgan fingerprint density at radius 2 is 1.93 bits per heavy atom. The van der Waals surface area contributed by atoms with Crippen LogP contribution in [-0.2, 0) is 25.6 Å². The number of carbonyl (C=O) groups is 4. The van der Waals surface area contributed by atoms with E-state index in [1.165, 1.54) is 43.6 Å². The summed E-state index contributed by atoms with van der Waals surface area (Å²) in [7, 11) is 2.44. The highest BCUT2D eigenvalue weighted by atomic mass is 16.5. The molecule has 2 amide bonds. The molecular weight excluding hydrogens is 380 g/mol. The van der Waals surface area contributed by atoms with Crippen LogP contribution in [0, 0.1) is 5.92 Å².